The van der Waals surface area contributed by atoms with Crippen molar-refractivity contribution in [1.82, 2.24) is 24.7 Å². The van der Waals surface area contributed by atoms with Crippen molar-refractivity contribution in [1.29, 1.82) is 0 Å². The molecule has 29 heavy (non-hydrogen) atoms. The number of aromatic nitrogens is 5. The number of pyridine rings is 2. The Kier molecular flexibility index (Phi) is 3.82. The molecule has 4 heterocycles. The third-order valence-corrected chi connectivity index (χ3v) is 4.87. The Labute approximate surface area is 167 Å². The molecule has 1 aromatic carbocycles. The van der Waals surface area contributed by atoms with Crippen LogP contribution in [0.25, 0.3) is 39.2 Å². The van der Waals surface area contributed by atoms with Gasteiger partial charge in [-0.25, -0.2) is 19.4 Å². The molecule has 5 rings (SSSR count). The first-order chi connectivity index (χ1) is 14.0. The second kappa shape index (κ2) is 6.39. The van der Waals surface area contributed by atoms with Crippen LogP contribution in [-0.4, -0.2) is 24.7 Å². The summed E-state index contributed by atoms with van der Waals surface area (Å²) < 4.78 is 6.86. The van der Waals surface area contributed by atoms with Crippen LogP contribution in [0.1, 0.15) is 5.56 Å². The molecule has 5 aromatic rings. The van der Waals surface area contributed by atoms with Gasteiger partial charge in [0.1, 0.15) is 5.69 Å². The molecule has 0 aliphatic rings. The van der Waals surface area contributed by atoms with Crippen LogP contribution in [-0.2, 0) is 0 Å². The summed E-state index contributed by atoms with van der Waals surface area (Å²) in [7, 11) is 0. The molecule has 0 saturated heterocycles. The summed E-state index contributed by atoms with van der Waals surface area (Å²) in [5.41, 5.74) is 1.17. The number of halogens is 1. The molecule has 0 saturated carbocycles. The van der Waals surface area contributed by atoms with Gasteiger partial charge < -0.3 is 4.42 Å². The number of aryl methyl sites for hydroxylation is 1. The van der Waals surface area contributed by atoms with Crippen molar-refractivity contribution in [3.05, 3.63) is 80.2 Å². The lowest BCUT2D eigenvalue weighted by atomic mass is 10.1. The van der Waals surface area contributed by atoms with Crippen LogP contribution < -0.4 is 11.2 Å². The molecule has 142 valence electrons. The summed E-state index contributed by atoms with van der Waals surface area (Å²) in [6.45, 7) is 1.84. The average Bonchev–Trinajstić information content (AvgIpc) is 3.10. The van der Waals surface area contributed by atoms with Crippen LogP contribution in [0.5, 0.6) is 0 Å². The fourth-order valence-corrected chi connectivity index (χ4v) is 3.53. The summed E-state index contributed by atoms with van der Waals surface area (Å²) in [4.78, 5) is 38.0. The zero-order valence-corrected chi connectivity index (χ0v) is 15.8. The monoisotopic (exact) mass is 405 g/mol. The molecule has 0 fully saturated rings. The van der Waals surface area contributed by atoms with Crippen molar-refractivity contribution >= 4 is 33.4 Å². The topological polar surface area (TPSA) is 107 Å². The van der Waals surface area contributed by atoms with Gasteiger partial charge in [0.25, 0.3) is 5.56 Å². The minimum atomic E-state index is -0.570. The van der Waals surface area contributed by atoms with Crippen molar-refractivity contribution < 1.29 is 4.42 Å². The van der Waals surface area contributed by atoms with Crippen molar-refractivity contribution in [3.8, 4) is 17.4 Å². The maximum absolute atomic E-state index is 12.9. The lowest BCUT2D eigenvalue weighted by Gasteiger charge is -2.09. The highest BCUT2D eigenvalue weighted by atomic mass is 35.5. The first-order valence-electron chi connectivity index (χ1n) is 8.65. The summed E-state index contributed by atoms with van der Waals surface area (Å²) in [5.74, 6) is 0.268. The first kappa shape index (κ1) is 17.3. The molecule has 0 aliphatic heterocycles. The largest absolute Gasteiger partial charge is 0.401 e. The van der Waals surface area contributed by atoms with Crippen LogP contribution in [0.4, 0.5) is 0 Å². The molecule has 0 aliphatic carbocycles. The maximum atomic E-state index is 12.9. The fourth-order valence-electron chi connectivity index (χ4n) is 3.32. The van der Waals surface area contributed by atoms with E-state index in [-0.39, 0.29) is 17.4 Å². The Morgan fingerprint density at radius 3 is 2.72 bits per heavy atom. The van der Waals surface area contributed by atoms with E-state index >= 15 is 0 Å². The van der Waals surface area contributed by atoms with Gasteiger partial charge in [-0.2, -0.15) is 0 Å². The van der Waals surface area contributed by atoms with Crippen molar-refractivity contribution in [2.45, 2.75) is 6.92 Å². The molecule has 9 heteroatoms. The number of fused-ring (bicyclic) bond motifs is 3. The summed E-state index contributed by atoms with van der Waals surface area (Å²) in [5, 5.41) is 3.93. The van der Waals surface area contributed by atoms with Crippen LogP contribution in [0.3, 0.4) is 0 Å². The Balaban J connectivity index is 1.84. The van der Waals surface area contributed by atoms with Crippen LogP contribution in [0.2, 0.25) is 5.02 Å². The second-order valence-corrected chi connectivity index (χ2v) is 6.85. The van der Waals surface area contributed by atoms with E-state index in [1.54, 1.807) is 30.5 Å². The van der Waals surface area contributed by atoms with Gasteiger partial charge in [0.2, 0.25) is 5.89 Å². The van der Waals surface area contributed by atoms with Gasteiger partial charge in [0.15, 0.2) is 5.82 Å². The molecular weight excluding hydrogens is 394 g/mol. The molecule has 0 atom stereocenters. The minimum Gasteiger partial charge on any atom is -0.401 e. The standard InChI is InChI=1S/C20H12ClN5O3/c1-10-8-13-11(4-2-6-22-13)16-17(10)24-19(29-20(16)28)14-9-15(27)25-26(14)18-12(21)5-3-7-23-18/h2-9H,1H3,(H,25,27). The zero-order valence-electron chi connectivity index (χ0n) is 15.0. The number of rotatable bonds is 2. The number of nitrogens with zero attached hydrogens (tertiary/aromatic N) is 4. The lowest BCUT2D eigenvalue weighted by Crippen LogP contribution is -2.09. The quantitative estimate of drug-likeness (QED) is 0.452. The number of nitrogens with one attached hydrogen (secondary N) is 1. The first-order valence-corrected chi connectivity index (χ1v) is 9.03. The highest BCUT2D eigenvalue weighted by molar-refractivity contribution is 6.32. The molecule has 0 bridgehead atoms. The van der Waals surface area contributed by atoms with Crippen LogP contribution >= 0.6 is 11.6 Å². The average molecular weight is 406 g/mol. The van der Waals surface area contributed by atoms with Crippen molar-refractivity contribution in [2.75, 3.05) is 0 Å². The van der Waals surface area contributed by atoms with Gasteiger partial charge in [-0.05, 0) is 36.8 Å². The predicted octanol–water partition coefficient (Wildman–Crippen LogP) is 3.24. The molecule has 0 spiro atoms. The molecule has 1 N–H and O–H groups in total. The Hall–Kier alpha value is -3.78. The molecule has 0 radical (unpaired) electrons. The second-order valence-electron chi connectivity index (χ2n) is 6.44. The van der Waals surface area contributed by atoms with Crippen molar-refractivity contribution in [2.24, 2.45) is 0 Å². The van der Waals surface area contributed by atoms with E-state index in [0.717, 1.165) is 5.56 Å². The highest BCUT2D eigenvalue weighted by Gasteiger charge is 2.19. The van der Waals surface area contributed by atoms with E-state index < -0.39 is 11.2 Å². The third kappa shape index (κ3) is 2.73. The van der Waals surface area contributed by atoms with Crippen LogP contribution in [0, 0.1) is 6.92 Å². The van der Waals surface area contributed by atoms with Gasteiger partial charge in [-0.1, -0.05) is 17.7 Å². The molecule has 4 aromatic heterocycles. The highest BCUT2D eigenvalue weighted by Crippen LogP contribution is 2.27. The van der Waals surface area contributed by atoms with E-state index in [1.165, 1.54) is 16.9 Å². The summed E-state index contributed by atoms with van der Waals surface area (Å²) in [6.07, 6.45) is 3.20. The van der Waals surface area contributed by atoms with Crippen LogP contribution in [0.15, 0.2) is 62.8 Å². The Morgan fingerprint density at radius 2 is 1.90 bits per heavy atom. The molecule has 8 nitrogen and oxygen atoms in total. The van der Waals surface area contributed by atoms with E-state index in [0.29, 0.717) is 26.8 Å². The van der Waals surface area contributed by atoms with Crippen molar-refractivity contribution in [3.63, 3.8) is 0 Å². The molecule has 0 amide bonds. The fraction of sp³-hybridized carbons (Fsp3) is 0.0500. The van der Waals surface area contributed by atoms with E-state index in [9.17, 15) is 9.59 Å². The molecular formula is C20H12ClN5O3. The third-order valence-electron chi connectivity index (χ3n) is 4.58. The Bertz CT molecular complexity index is 1530. The van der Waals surface area contributed by atoms with Gasteiger partial charge in [0, 0.05) is 23.8 Å². The van der Waals surface area contributed by atoms with E-state index in [1.807, 2.05) is 13.0 Å². The van der Waals surface area contributed by atoms with E-state index in [4.69, 9.17) is 16.0 Å². The predicted molar refractivity (Wildman–Crippen MR) is 109 cm³/mol. The summed E-state index contributed by atoms with van der Waals surface area (Å²) in [6, 6.07) is 9.98. The Morgan fingerprint density at radius 1 is 1.10 bits per heavy atom. The maximum Gasteiger partial charge on any atom is 0.347 e. The number of aromatic amines is 1. The van der Waals surface area contributed by atoms with Gasteiger partial charge >= 0.3 is 5.63 Å². The number of benzene rings is 1. The minimum absolute atomic E-state index is 0.0195. The smallest absolute Gasteiger partial charge is 0.347 e. The normalized spacial score (nSPS) is 11.4. The van der Waals surface area contributed by atoms with Gasteiger partial charge in [-0.15, -0.1) is 0 Å². The molecule has 0 unspecified atom stereocenters. The zero-order chi connectivity index (χ0) is 20.1. The number of hydrogen-bond acceptors (Lipinski definition) is 6. The summed E-state index contributed by atoms with van der Waals surface area (Å²) >= 11 is 6.22. The lowest BCUT2D eigenvalue weighted by molar-refractivity contribution is 0.513. The SMILES string of the molecule is Cc1cc2ncccc2c2c(=O)oc(-c3cc(=O)[nH]n3-c3ncccc3Cl)nc12. The number of H-pyrrole nitrogens is 1. The van der Waals surface area contributed by atoms with Gasteiger partial charge in [0.05, 0.1) is 21.4 Å². The number of hydrogen-bond donors (Lipinski definition) is 1. The van der Waals surface area contributed by atoms with E-state index in [2.05, 4.69) is 20.1 Å². The van der Waals surface area contributed by atoms with Gasteiger partial charge in [-0.3, -0.25) is 14.9 Å².